The van der Waals surface area contributed by atoms with Gasteiger partial charge in [-0.2, -0.15) is 0 Å². The van der Waals surface area contributed by atoms with E-state index in [2.05, 4.69) is 17.1 Å². The Morgan fingerprint density at radius 1 is 1.23 bits per heavy atom. The molecule has 2 fully saturated rings. The van der Waals surface area contributed by atoms with Crippen LogP contribution in [0.3, 0.4) is 0 Å². The third-order valence-electron chi connectivity index (χ3n) is 6.96. The molecule has 0 unspecified atom stereocenters. The topological polar surface area (TPSA) is 75.0 Å². The molecule has 4 heterocycles. The van der Waals surface area contributed by atoms with Gasteiger partial charge >= 0.3 is 0 Å². The molecule has 7 nitrogen and oxygen atoms in total. The lowest BCUT2D eigenvalue weighted by Crippen LogP contribution is -2.48. The van der Waals surface area contributed by atoms with Gasteiger partial charge in [-0.15, -0.1) is 0 Å². The second-order valence-corrected chi connectivity index (χ2v) is 8.71. The number of fused-ring (bicyclic) bond motifs is 2. The average molecular weight is 424 g/mol. The number of anilines is 1. The number of benzene rings is 1. The van der Waals surface area contributed by atoms with Crippen LogP contribution in [0, 0.1) is 0 Å². The molecule has 164 valence electrons. The van der Waals surface area contributed by atoms with Crippen LogP contribution in [0.25, 0.3) is 0 Å². The van der Waals surface area contributed by atoms with E-state index in [-0.39, 0.29) is 17.9 Å². The highest BCUT2D eigenvalue weighted by atomic mass is 16.5. The van der Waals surface area contributed by atoms with Gasteiger partial charge < -0.3 is 19.4 Å². The van der Waals surface area contributed by atoms with Crippen LogP contribution in [-0.4, -0.2) is 60.5 Å². The Hall–Kier alpha value is -2.64. The molecule has 7 heteroatoms. The number of furan rings is 1. The Bertz CT molecular complexity index is 981. The Labute approximate surface area is 182 Å². The first-order valence-electron chi connectivity index (χ1n) is 11.2. The Morgan fingerprint density at radius 3 is 2.84 bits per heavy atom. The zero-order valence-electron chi connectivity index (χ0n) is 17.9. The molecule has 1 aromatic heterocycles. The number of amides is 2. The van der Waals surface area contributed by atoms with Gasteiger partial charge in [-0.1, -0.05) is 31.5 Å². The maximum atomic E-state index is 13.5. The lowest BCUT2D eigenvalue weighted by molar-refractivity contribution is -0.121. The summed E-state index contributed by atoms with van der Waals surface area (Å²) < 4.78 is 11.1. The molecule has 31 heavy (non-hydrogen) atoms. The normalized spacial score (nSPS) is 25.8. The maximum Gasteiger partial charge on any atom is 0.257 e. The van der Waals surface area contributed by atoms with Crippen LogP contribution in [-0.2, 0) is 21.5 Å². The number of carbonyl (C=O) groups is 2. The van der Waals surface area contributed by atoms with E-state index >= 15 is 0 Å². The minimum Gasteiger partial charge on any atom is -0.467 e. The number of hydrogen-bond acceptors (Lipinski definition) is 5. The molecule has 0 radical (unpaired) electrons. The number of likely N-dealkylation sites (tertiary alicyclic amines) is 1. The van der Waals surface area contributed by atoms with Gasteiger partial charge in [0, 0.05) is 25.3 Å². The van der Waals surface area contributed by atoms with Crippen molar-refractivity contribution in [1.29, 1.82) is 0 Å². The van der Waals surface area contributed by atoms with Gasteiger partial charge in [0.1, 0.15) is 12.0 Å². The van der Waals surface area contributed by atoms with Crippen molar-refractivity contribution in [2.75, 3.05) is 38.2 Å². The van der Waals surface area contributed by atoms with E-state index in [0.29, 0.717) is 25.1 Å². The zero-order valence-corrected chi connectivity index (χ0v) is 17.9. The summed E-state index contributed by atoms with van der Waals surface area (Å²) in [4.78, 5) is 30.8. The third-order valence-corrected chi connectivity index (χ3v) is 6.96. The molecule has 1 spiro atoms. The van der Waals surface area contributed by atoms with E-state index < -0.39 is 5.41 Å². The maximum absolute atomic E-state index is 13.5. The molecular formula is C24H29N3O4. The van der Waals surface area contributed by atoms with Crippen LogP contribution in [0.4, 0.5) is 5.69 Å². The fourth-order valence-electron chi connectivity index (χ4n) is 5.44. The molecule has 2 saturated heterocycles. The predicted octanol–water partition coefficient (Wildman–Crippen LogP) is 3.02. The first kappa shape index (κ1) is 20.3. The molecule has 2 atom stereocenters. The second-order valence-electron chi connectivity index (χ2n) is 8.71. The van der Waals surface area contributed by atoms with Gasteiger partial charge in [0.25, 0.3) is 5.91 Å². The summed E-state index contributed by atoms with van der Waals surface area (Å²) in [7, 11) is 0. The monoisotopic (exact) mass is 423 g/mol. The van der Waals surface area contributed by atoms with E-state index in [1.807, 2.05) is 35.2 Å². The van der Waals surface area contributed by atoms with Crippen molar-refractivity contribution < 1.29 is 18.7 Å². The van der Waals surface area contributed by atoms with Gasteiger partial charge in [-0.05, 0) is 30.5 Å². The van der Waals surface area contributed by atoms with Crippen molar-refractivity contribution in [2.45, 2.75) is 44.2 Å². The van der Waals surface area contributed by atoms with Crippen molar-refractivity contribution in [3.63, 3.8) is 0 Å². The Morgan fingerprint density at radius 2 is 2.03 bits per heavy atom. The molecule has 0 aliphatic carbocycles. The predicted molar refractivity (Wildman–Crippen MR) is 116 cm³/mol. The van der Waals surface area contributed by atoms with Crippen LogP contribution in [0.1, 0.15) is 47.9 Å². The number of hydrogen-bond donors (Lipinski definition) is 1. The quantitative estimate of drug-likeness (QED) is 0.800. The number of carbonyl (C=O) groups excluding carboxylic acids is 2. The largest absolute Gasteiger partial charge is 0.467 e. The third kappa shape index (κ3) is 3.36. The molecule has 1 N–H and O–H groups in total. The van der Waals surface area contributed by atoms with E-state index in [4.69, 9.17) is 9.15 Å². The molecule has 5 rings (SSSR count). The summed E-state index contributed by atoms with van der Waals surface area (Å²) in [5, 5.41) is 3.06. The molecule has 3 aliphatic heterocycles. The summed E-state index contributed by atoms with van der Waals surface area (Å²) >= 11 is 0. The van der Waals surface area contributed by atoms with Gasteiger partial charge in [0.05, 0.1) is 36.8 Å². The first-order chi connectivity index (χ1) is 15.1. The highest BCUT2D eigenvalue weighted by Gasteiger charge is 2.58. The molecule has 0 bridgehead atoms. The number of morpholine rings is 1. The summed E-state index contributed by atoms with van der Waals surface area (Å²) in [6, 6.07) is 9.58. The minimum atomic E-state index is -0.664. The summed E-state index contributed by atoms with van der Waals surface area (Å²) in [6.07, 6.45) is 3.89. The van der Waals surface area contributed by atoms with Crippen LogP contribution < -0.4 is 5.32 Å². The average Bonchev–Trinajstić information content (AvgIpc) is 3.47. The molecule has 1 aromatic carbocycles. The van der Waals surface area contributed by atoms with Crippen molar-refractivity contribution in [1.82, 2.24) is 9.80 Å². The molecule has 3 aliphatic rings. The van der Waals surface area contributed by atoms with Crippen LogP contribution >= 0.6 is 0 Å². The SMILES string of the molecule is CCC[C@@H]1N(C(=O)c2coc(CN3CCOCC3)c2)CC[C@]12C(=O)Nc1ccccc12. The number of ether oxygens (including phenoxy) is 1. The Balaban J connectivity index is 1.39. The summed E-state index contributed by atoms with van der Waals surface area (Å²) in [5.74, 6) is 0.752. The highest BCUT2D eigenvalue weighted by Crippen LogP contribution is 2.49. The first-order valence-corrected chi connectivity index (χ1v) is 11.2. The van der Waals surface area contributed by atoms with Gasteiger partial charge in [0.2, 0.25) is 5.91 Å². The van der Waals surface area contributed by atoms with Crippen molar-refractivity contribution in [3.8, 4) is 0 Å². The number of para-hydroxylation sites is 1. The van der Waals surface area contributed by atoms with Gasteiger partial charge in [0.15, 0.2) is 0 Å². The summed E-state index contributed by atoms with van der Waals surface area (Å²) in [6.45, 7) is 6.53. The molecule has 2 aromatic rings. The molecular weight excluding hydrogens is 394 g/mol. The zero-order chi connectivity index (χ0) is 21.4. The van der Waals surface area contributed by atoms with Crippen molar-refractivity contribution in [2.24, 2.45) is 0 Å². The van der Waals surface area contributed by atoms with E-state index in [9.17, 15) is 9.59 Å². The molecule has 0 saturated carbocycles. The second kappa shape index (κ2) is 8.13. The Kier molecular flexibility index (Phi) is 5.32. The van der Waals surface area contributed by atoms with Gasteiger partial charge in [-0.3, -0.25) is 14.5 Å². The number of nitrogens with one attached hydrogen (secondary N) is 1. The van der Waals surface area contributed by atoms with Crippen molar-refractivity contribution >= 4 is 17.5 Å². The van der Waals surface area contributed by atoms with E-state index in [1.165, 1.54) is 0 Å². The van der Waals surface area contributed by atoms with Crippen LogP contribution in [0.2, 0.25) is 0 Å². The molecule has 2 amide bonds. The fraction of sp³-hybridized carbons (Fsp3) is 0.500. The van der Waals surface area contributed by atoms with E-state index in [1.54, 1.807) is 6.26 Å². The smallest absolute Gasteiger partial charge is 0.257 e. The highest BCUT2D eigenvalue weighted by molar-refractivity contribution is 6.08. The van der Waals surface area contributed by atoms with Gasteiger partial charge in [-0.25, -0.2) is 0 Å². The fourth-order valence-corrected chi connectivity index (χ4v) is 5.44. The number of nitrogens with zero attached hydrogens (tertiary/aromatic N) is 2. The van der Waals surface area contributed by atoms with Crippen LogP contribution in [0.5, 0.6) is 0 Å². The standard InChI is InChI=1S/C24H29N3O4/c1-2-5-21-24(19-6-3-4-7-20(19)25-23(24)29)8-9-27(21)22(28)17-14-18(31-16-17)15-26-10-12-30-13-11-26/h3-4,6-7,14,16,21H,2,5,8-13,15H2,1H3,(H,25,29)/t21-,24+/m0/s1. The lowest BCUT2D eigenvalue weighted by Gasteiger charge is -2.33. The minimum absolute atomic E-state index is 0.0163. The lowest BCUT2D eigenvalue weighted by atomic mass is 9.73. The van der Waals surface area contributed by atoms with Crippen molar-refractivity contribution in [3.05, 3.63) is 53.5 Å². The van der Waals surface area contributed by atoms with E-state index in [0.717, 1.165) is 56.2 Å². The summed E-state index contributed by atoms with van der Waals surface area (Å²) in [5.41, 5.74) is 1.80. The number of rotatable bonds is 5. The van der Waals surface area contributed by atoms with Crippen LogP contribution in [0.15, 0.2) is 41.0 Å².